The van der Waals surface area contributed by atoms with Gasteiger partial charge in [-0.3, -0.25) is 0 Å². The van der Waals surface area contributed by atoms with Gasteiger partial charge in [-0.25, -0.2) is 0 Å². The molecule has 0 saturated carbocycles. The molecule has 1 aromatic rings. The van der Waals surface area contributed by atoms with Crippen LogP contribution in [-0.2, 0) is 4.74 Å². The van der Waals surface area contributed by atoms with Crippen LogP contribution < -0.4 is 5.32 Å². The van der Waals surface area contributed by atoms with Crippen molar-refractivity contribution in [3.8, 4) is 0 Å². The van der Waals surface area contributed by atoms with E-state index in [1.54, 1.807) is 0 Å². The highest BCUT2D eigenvalue weighted by atomic mass is 16.5. The first kappa shape index (κ1) is 14.9. The lowest BCUT2D eigenvalue weighted by atomic mass is 9.95. The fourth-order valence-electron chi connectivity index (χ4n) is 2.08. The van der Waals surface area contributed by atoms with Crippen LogP contribution in [-0.4, -0.2) is 19.7 Å². The molecular weight excluding hydrogens is 222 g/mol. The highest BCUT2D eigenvalue weighted by Gasteiger charge is 2.22. The SMILES string of the molecule is C=C(CC)CC(NC)C(OCC)c1ccccc1. The summed E-state index contributed by atoms with van der Waals surface area (Å²) < 4.78 is 5.92. The van der Waals surface area contributed by atoms with Gasteiger partial charge in [0.2, 0.25) is 0 Å². The molecule has 1 N–H and O–H groups in total. The number of benzene rings is 1. The fraction of sp³-hybridized carbons (Fsp3) is 0.500. The molecule has 0 heterocycles. The molecule has 100 valence electrons. The van der Waals surface area contributed by atoms with E-state index in [2.05, 4.69) is 43.1 Å². The van der Waals surface area contributed by atoms with Crippen LogP contribution in [0.15, 0.2) is 42.5 Å². The van der Waals surface area contributed by atoms with Gasteiger partial charge in [0.05, 0.1) is 6.10 Å². The van der Waals surface area contributed by atoms with E-state index in [9.17, 15) is 0 Å². The standard InChI is InChI=1S/C16H25NO/c1-5-13(3)12-15(17-4)16(18-6-2)14-10-8-7-9-11-14/h7-11,15-17H,3,5-6,12H2,1-2,4H3. The monoisotopic (exact) mass is 247 g/mol. The molecule has 0 aliphatic heterocycles. The summed E-state index contributed by atoms with van der Waals surface area (Å²) in [5.41, 5.74) is 2.48. The molecule has 2 unspecified atom stereocenters. The van der Waals surface area contributed by atoms with Gasteiger partial charge in [0.25, 0.3) is 0 Å². The van der Waals surface area contributed by atoms with Crippen molar-refractivity contribution in [2.24, 2.45) is 0 Å². The largest absolute Gasteiger partial charge is 0.372 e. The molecule has 0 amide bonds. The summed E-state index contributed by atoms with van der Waals surface area (Å²) in [6.07, 6.45) is 2.06. The van der Waals surface area contributed by atoms with Crippen molar-refractivity contribution < 1.29 is 4.74 Å². The molecule has 2 atom stereocenters. The van der Waals surface area contributed by atoms with Crippen LogP contribution in [0, 0.1) is 0 Å². The number of nitrogens with one attached hydrogen (secondary N) is 1. The highest BCUT2D eigenvalue weighted by molar-refractivity contribution is 5.20. The molecule has 1 rings (SSSR count). The van der Waals surface area contributed by atoms with Crippen LogP contribution >= 0.6 is 0 Å². The maximum absolute atomic E-state index is 5.92. The lowest BCUT2D eigenvalue weighted by molar-refractivity contribution is 0.0351. The molecule has 2 heteroatoms. The van der Waals surface area contributed by atoms with Crippen LogP contribution in [0.5, 0.6) is 0 Å². The Hall–Kier alpha value is -1.12. The lowest BCUT2D eigenvalue weighted by Gasteiger charge is -2.27. The zero-order chi connectivity index (χ0) is 13.4. The van der Waals surface area contributed by atoms with E-state index in [1.807, 2.05) is 20.0 Å². The maximum atomic E-state index is 5.92. The van der Waals surface area contributed by atoms with E-state index >= 15 is 0 Å². The van der Waals surface area contributed by atoms with Gasteiger partial charge in [-0.05, 0) is 32.4 Å². The Labute approximate surface area is 111 Å². The van der Waals surface area contributed by atoms with Crippen molar-refractivity contribution in [2.75, 3.05) is 13.7 Å². The molecule has 0 fully saturated rings. The average Bonchev–Trinajstić information content (AvgIpc) is 2.43. The van der Waals surface area contributed by atoms with E-state index in [0.717, 1.165) is 19.4 Å². The minimum absolute atomic E-state index is 0.0875. The summed E-state index contributed by atoms with van der Waals surface area (Å²) in [6.45, 7) is 9.01. The molecule has 0 aromatic heterocycles. The lowest BCUT2D eigenvalue weighted by Crippen LogP contribution is -2.34. The van der Waals surface area contributed by atoms with Crippen LogP contribution in [0.25, 0.3) is 0 Å². The first-order valence-corrected chi connectivity index (χ1v) is 6.73. The zero-order valence-corrected chi connectivity index (χ0v) is 11.8. The second kappa shape index (κ2) is 8.06. The molecule has 1 aromatic carbocycles. The molecule has 0 aliphatic carbocycles. The Morgan fingerprint density at radius 2 is 1.94 bits per heavy atom. The van der Waals surface area contributed by atoms with E-state index in [-0.39, 0.29) is 12.1 Å². The summed E-state index contributed by atoms with van der Waals surface area (Å²) in [6, 6.07) is 10.7. The minimum Gasteiger partial charge on any atom is -0.372 e. The second-order valence-corrected chi connectivity index (χ2v) is 4.49. The molecule has 0 aliphatic rings. The Morgan fingerprint density at radius 3 is 2.44 bits per heavy atom. The third kappa shape index (κ3) is 4.28. The maximum Gasteiger partial charge on any atom is 0.0980 e. The van der Waals surface area contributed by atoms with Crippen LogP contribution in [0.4, 0.5) is 0 Å². The molecule has 0 saturated heterocycles. The first-order valence-electron chi connectivity index (χ1n) is 6.73. The summed E-state index contributed by atoms with van der Waals surface area (Å²) in [7, 11) is 1.99. The zero-order valence-electron chi connectivity index (χ0n) is 11.8. The van der Waals surface area contributed by atoms with Crippen molar-refractivity contribution in [3.63, 3.8) is 0 Å². The van der Waals surface area contributed by atoms with Crippen LogP contribution in [0.3, 0.4) is 0 Å². The molecule has 0 radical (unpaired) electrons. The predicted molar refractivity (Wildman–Crippen MR) is 77.7 cm³/mol. The Balaban J connectivity index is 2.84. The number of rotatable bonds is 8. The van der Waals surface area contributed by atoms with Gasteiger partial charge in [0, 0.05) is 12.6 Å². The van der Waals surface area contributed by atoms with Crippen molar-refractivity contribution in [1.29, 1.82) is 0 Å². The summed E-state index contributed by atoms with van der Waals surface area (Å²) >= 11 is 0. The van der Waals surface area contributed by atoms with E-state index < -0.39 is 0 Å². The minimum atomic E-state index is 0.0875. The van der Waals surface area contributed by atoms with E-state index in [0.29, 0.717) is 0 Å². The summed E-state index contributed by atoms with van der Waals surface area (Å²) in [5, 5.41) is 3.36. The molecular formula is C16H25NO. The smallest absolute Gasteiger partial charge is 0.0980 e. The molecule has 0 spiro atoms. The van der Waals surface area contributed by atoms with Crippen LogP contribution in [0.1, 0.15) is 38.4 Å². The topological polar surface area (TPSA) is 21.3 Å². The van der Waals surface area contributed by atoms with Gasteiger partial charge in [0.1, 0.15) is 0 Å². The van der Waals surface area contributed by atoms with E-state index in [4.69, 9.17) is 4.74 Å². The normalized spacial score (nSPS) is 14.2. The number of hydrogen-bond acceptors (Lipinski definition) is 2. The van der Waals surface area contributed by atoms with Gasteiger partial charge in [-0.1, -0.05) is 49.4 Å². The Morgan fingerprint density at radius 1 is 1.28 bits per heavy atom. The number of likely N-dealkylation sites (N-methyl/N-ethyl adjacent to an activating group) is 1. The molecule has 2 nitrogen and oxygen atoms in total. The van der Waals surface area contributed by atoms with Gasteiger partial charge in [0.15, 0.2) is 0 Å². The summed E-state index contributed by atoms with van der Waals surface area (Å²) in [4.78, 5) is 0. The van der Waals surface area contributed by atoms with Gasteiger partial charge >= 0.3 is 0 Å². The third-order valence-electron chi connectivity index (χ3n) is 3.22. The number of ether oxygens (including phenoxy) is 1. The fourth-order valence-corrected chi connectivity index (χ4v) is 2.08. The summed E-state index contributed by atoms with van der Waals surface area (Å²) in [5.74, 6) is 0. The van der Waals surface area contributed by atoms with Gasteiger partial charge in [-0.2, -0.15) is 0 Å². The van der Waals surface area contributed by atoms with Crippen molar-refractivity contribution >= 4 is 0 Å². The number of hydrogen-bond donors (Lipinski definition) is 1. The van der Waals surface area contributed by atoms with Crippen LogP contribution in [0.2, 0.25) is 0 Å². The Kier molecular flexibility index (Phi) is 6.69. The Bertz CT molecular complexity index is 347. The van der Waals surface area contributed by atoms with Crippen molar-refractivity contribution in [2.45, 2.75) is 38.8 Å². The van der Waals surface area contributed by atoms with Crippen molar-refractivity contribution in [1.82, 2.24) is 5.32 Å². The van der Waals surface area contributed by atoms with Crippen molar-refractivity contribution in [3.05, 3.63) is 48.0 Å². The molecule has 0 bridgehead atoms. The average molecular weight is 247 g/mol. The highest BCUT2D eigenvalue weighted by Crippen LogP contribution is 2.25. The first-order chi connectivity index (χ1) is 8.72. The molecule has 18 heavy (non-hydrogen) atoms. The van der Waals surface area contributed by atoms with Gasteiger partial charge < -0.3 is 10.1 Å². The second-order valence-electron chi connectivity index (χ2n) is 4.49. The quantitative estimate of drug-likeness (QED) is 0.707. The van der Waals surface area contributed by atoms with E-state index in [1.165, 1.54) is 11.1 Å². The third-order valence-corrected chi connectivity index (χ3v) is 3.22. The predicted octanol–water partition coefficient (Wildman–Crippen LogP) is 3.71. The van der Waals surface area contributed by atoms with Gasteiger partial charge in [-0.15, -0.1) is 0 Å².